The number of nitrogens with one attached hydrogen (secondary N) is 1. The number of hydrogen-bond donors (Lipinski definition) is 2. The van der Waals surface area contributed by atoms with E-state index in [1.165, 1.54) is 12.8 Å². The molecule has 0 radical (unpaired) electrons. The lowest BCUT2D eigenvalue weighted by Crippen LogP contribution is -2.40. The Hall–Kier alpha value is -0.570. The Kier molecular flexibility index (Phi) is 6.69. The largest absolute Gasteiger partial charge is 0.353 e. The summed E-state index contributed by atoms with van der Waals surface area (Å²) < 4.78 is 0. The van der Waals surface area contributed by atoms with E-state index in [1.54, 1.807) is 0 Å². The highest BCUT2D eigenvalue weighted by molar-refractivity contribution is 5.78. The van der Waals surface area contributed by atoms with Gasteiger partial charge in [-0.2, -0.15) is 0 Å². The van der Waals surface area contributed by atoms with E-state index in [0.717, 1.165) is 38.0 Å². The molecule has 2 unspecified atom stereocenters. The minimum Gasteiger partial charge on any atom is -0.353 e. The summed E-state index contributed by atoms with van der Waals surface area (Å²) >= 11 is 0. The van der Waals surface area contributed by atoms with Crippen LogP contribution in [0.2, 0.25) is 0 Å². The van der Waals surface area contributed by atoms with Gasteiger partial charge in [-0.3, -0.25) is 4.79 Å². The van der Waals surface area contributed by atoms with E-state index in [-0.39, 0.29) is 17.9 Å². The summed E-state index contributed by atoms with van der Waals surface area (Å²) in [4.78, 5) is 12.0. The standard InChI is InChI=1S/C15H30N2O/c1-11-7-9-14(10-8-11)17-15(18)12(2)5-4-6-13(3)16/h11-14H,4-10,16H2,1-3H3,(H,17,18). The van der Waals surface area contributed by atoms with Crippen LogP contribution < -0.4 is 11.1 Å². The molecule has 1 saturated carbocycles. The van der Waals surface area contributed by atoms with Crippen LogP contribution in [0.3, 0.4) is 0 Å². The van der Waals surface area contributed by atoms with Crippen LogP contribution in [0.5, 0.6) is 0 Å². The second-order valence-electron chi connectivity index (χ2n) is 6.27. The first-order chi connectivity index (χ1) is 8.49. The fourth-order valence-corrected chi connectivity index (χ4v) is 2.62. The van der Waals surface area contributed by atoms with E-state index in [2.05, 4.69) is 12.2 Å². The Bertz CT molecular complexity index is 245. The van der Waals surface area contributed by atoms with Crippen molar-refractivity contribution < 1.29 is 4.79 Å². The molecule has 0 aromatic rings. The van der Waals surface area contributed by atoms with Crippen molar-refractivity contribution in [2.24, 2.45) is 17.6 Å². The molecule has 2 atom stereocenters. The zero-order chi connectivity index (χ0) is 13.5. The molecule has 0 spiro atoms. The molecule has 1 amide bonds. The molecule has 3 nitrogen and oxygen atoms in total. The van der Waals surface area contributed by atoms with Crippen LogP contribution in [0.1, 0.15) is 65.7 Å². The van der Waals surface area contributed by atoms with E-state index >= 15 is 0 Å². The zero-order valence-corrected chi connectivity index (χ0v) is 12.2. The van der Waals surface area contributed by atoms with Crippen molar-refractivity contribution in [2.75, 3.05) is 0 Å². The summed E-state index contributed by atoms with van der Waals surface area (Å²) in [6.07, 6.45) is 7.83. The molecule has 0 saturated heterocycles. The first kappa shape index (κ1) is 15.5. The van der Waals surface area contributed by atoms with Crippen LogP contribution in [-0.4, -0.2) is 18.0 Å². The molecule has 3 heteroatoms. The Morgan fingerprint density at radius 3 is 2.39 bits per heavy atom. The van der Waals surface area contributed by atoms with Gasteiger partial charge in [0.15, 0.2) is 0 Å². The predicted octanol–water partition coefficient (Wildman–Crippen LogP) is 2.83. The third-order valence-electron chi connectivity index (χ3n) is 4.11. The highest BCUT2D eigenvalue weighted by atomic mass is 16.1. The summed E-state index contributed by atoms with van der Waals surface area (Å²) in [6, 6.07) is 0.671. The summed E-state index contributed by atoms with van der Waals surface area (Å²) in [5, 5.41) is 3.21. The van der Waals surface area contributed by atoms with Crippen LogP contribution in [-0.2, 0) is 4.79 Å². The molecule has 0 aliphatic heterocycles. The van der Waals surface area contributed by atoms with E-state index < -0.39 is 0 Å². The van der Waals surface area contributed by atoms with Gasteiger partial charge >= 0.3 is 0 Å². The number of amides is 1. The molecule has 0 bridgehead atoms. The quantitative estimate of drug-likeness (QED) is 0.766. The molecule has 0 aromatic heterocycles. The average Bonchev–Trinajstić information content (AvgIpc) is 2.31. The molecule has 1 rings (SSSR count). The molecular formula is C15H30N2O. The Labute approximate surface area is 112 Å². The second kappa shape index (κ2) is 7.78. The normalized spacial score (nSPS) is 27.6. The summed E-state index contributed by atoms with van der Waals surface area (Å²) in [5.74, 6) is 1.20. The predicted molar refractivity (Wildman–Crippen MR) is 76.2 cm³/mol. The van der Waals surface area contributed by atoms with Crippen molar-refractivity contribution in [3.63, 3.8) is 0 Å². The van der Waals surface area contributed by atoms with E-state index in [0.29, 0.717) is 6.04 Å². The highest BCUT2D eigenvalue weighted by Crippen LogP contribution is 2.23. The molecule has 18 heavy (non-hydrogen) atoms. The van der Waals surface area contributed by atoms with Gasteiger partial charge in [-0.25, -0.2) is 0 Å². The third-order valence-corrected chi connectivity index (χ3v) is 4.11. The van der Waals surface area contributed by atoms with Crippen LogP contribution in [0, 0.1) is 11.8 Å². The van der Waals surface area contributed by atoms with Crippen molar-refractivity contribution >= 4 is 5.91 Å². The van der Waals surface area contributed by atoms with Crippen LogP contribution in [0.25, 0.3) is 0 Å². The minimum atomic E-state index is 0.128. The fourth-order valence-electron chi connectivity index (χ4n) is 2.62. The maximum absolute atomic E-state index is 12.0. The number of rotatable bonds is 6. The van der Waals surface area contributed by atoms with Crippen molar-refractivity contribution in [2.45, 2.75) is 77.8 Å². The van der Waals surface area contributed by atoms with E-state index in [4.69, 9.17) is 5.73 Å². The Morgan fingerprint density at radius 2 is 1.83 bits per heavy atom. The molecule has 1 aliphatic carbocycles. The minimum absolute atomic E-state index is 0.128. The maximum Gasteiger partial charge on any atom is 0.223 e. The van der Waals surface area contributed by atoms with Gasteiger partial charge in [0.25, 0.3) is 0 Å². The first-order valence-electron chi connectivity index (χ1n) is 7.55. The van der Waals surface area contributed by atoms with Crippen LogP contribution in [0.15, 0.2) is 0 Å². The van der Waals surface area contributed by atoms with Gasteiger partial charge in [0, 0.05) is 18.0 Å². The fraction of sp³-hybridized carbons (Fsp3) is 0.933. The summed E-state index contributed by atoms with van der Waals surface area (Å²) in [5.41, 5.74) is 5.72. The maximum atomic E-state index is 12.0. The van der Waals surface area contributed by atoms with Crippen LogP contribution >= 0.6 is 0 Å². The van der Waals surface area contributed by atoms with E-state index in [1.807, 2.05) is 13.8 Å². The molecule has 0 aromatic carbocycles. The molecule has 3 N–H and O–H groups in total. The Balaban J connectivity index is 2.18. The summed E-state index contributed by atoms with van der Waals surface area (Å²) in [7, 11) is 0. The van der Waals surface area contributed by atoms with Crippen molar-refractivity contribution in [1.29, 1.82) is 0 Å². The number of hydrogen-bond acceptors (Lipinski definition) is 2. The lowest BCUT2D eigenvalue weighted by molar-refractivity contribution is -0.125. The number of carbonyl (C=O) groups excluding carboxylic acids is 1. The van der Waals surface area contributed by atoms with Crippen LogP contribution in [0.4, 0.5) is 0 Å². The van der Waals surface area contributed by atoms with Gasteiger partial charge in [0.1, 0.15) is 0 Å². The van der Waals surface area contributed by atoms with Gasteiger partial charge in [0.2, 0.25) is 5.91 Å². The first-order valence-corrected chi connectivity index (χ1v) is 7.55. The Morgan fingerprint density at radius 1 is 1.22 bits per heavy atom. The van der Waals surface area contributed by atoms with Gasteiger partial charge in [-0.05, 0) is 51.4 Å². The van der Waals surface area contributed by atoms with Gasteiger partial charge < -0.3 is 11.1 Å². The second-order valence-corrected chi connectivity index (χ2v) is 6.27. The van der Waals surface area contributed by atoms with Gasteiger partial charge in [-0.1, -0.05) is 20.3 Å². The monoisotopic (exact) mass is 254 g/mol. The topological polar surface area (TPSA) is 55.1 Å². The number of carbonyl (C=O) groups is 1. The third kappa shape index (κ3) is 5.85. The van der Waals surface area contributed by atoms with E-state index in [9.17, 15) is 4.79 Å². The van der Waals surface area contributed by atoms with Crippen molar-refractivity contribution in [3.8, 4) is 0 Å². The average molecular weight is 254 g/mol. The smallest absolute Gasteiger partial charge is 0.223 e. The zero-order valence-electron chi connectivity index (χ0n) is 12.2. The highest BCUT2D eigenvalue weighted by Gasteiger charge is 2.21. The van der Waals surface area contributed by atoms with Crippen molar-refractivity contribution in [1.82, 2.24) is 5.32 Å². The molecule has 1 aliphatic rings. The lowest BCUT2D eigenvalue weighted by atomic mass is 9.87. The van der Waals surface area contributed by atoms with Crippen molar-refractivity contribution in [3.05, 3.63) is 0 Å². The molecule has 1 fully saturated rings. The molecule has 106 valence electrons. The number of nitrogens with two attached hydrogens (primary N) is 1. The SMILES string of the molecule is CC(N)CCCC(C)C(=O)NC1CCC(C)CC1. The molecular weight excluding hydrogens is 224 g/mol. The molecule has 0 heterocycles. The summed E-state index contributed by atoms with van der Waals surface area (Å²) in [6.45, 7) is 6.35. The van der Waals surface area contributed by atoms with Gasteiger partial charge in [0.05, 0.1) is 0 Å². The lowest BCUT2D eigenvalue weighted by Gasteiger charge is -2.28. The van der Waals surface area contributed by atoms with Gasteiger partial charge in [-0.15, -0.1) is 0 Å².